The second-order valence-corrected chi connectivity index (χ2v) is 6.36. The standard InChI is InChI=1S/C19H17NO3S/c1-3-23-15-6-4-5-14(17(15)21)11-16-18(22)20-19(24-16)13-9-7-12(2)8-10-13/h4-11,21H,3H2,1-2H3/b16-11-. The molecule has 0 spiro atoms. The van der Waals surface area contributed by atoms with Crippen LogP contribution in [0, 0.1) is 6.92 Å². The third-order valence-corrected chi connectivity index (χ3v) is 4.57. The maximum absolute atomic E-state index is 12.2. The fourth-order valence-electron chi connectivity index (χ4n) is 2.30. The van der Waals surface area contributed by atoms with E-state index in [1.165, 1.54) is 11.8 Å². The summed E-state index contributed by atoms with van der Waals surface area (Å²) in [6.45, 7) is 4.32. The van der Waals surface area contributed by atoms with E-state index in [1.807, 2.05) is 38.1 Å². The lowest BCUT2D eigenvalue weighted by Gasteiger charge is -2.07. The molecule has 2 aromatic carbocycles. The van der Waals surface area contributed by atoms with E-state index in [-0.39, 0.29) is 11.7 Å². The molecule has 3 rings (SSSR count). The number of aromatic hydroxyl groups is 1. The number of carbonyl (C=O) groups excluding carboxylic acids is 1. The smallest absolute Gasteiger partial charge is 0.284 e. The summed E-state index contributed by atoms with van der Waals surface area (Å²) in [5.41, 5.74) is 2.61. The molecule has 0 atom stereocenters. The average molecular weight is 339 g/mol. The molecule has 4 nitrogen and oxygen atoms in total. The highest BCUT2D eigenvalue weighted by Gasteiger charge is 2.23. The molecule has 0 saturated carbocycles. The number of nitrogens with zero attached hydrogens (tertiary/aromatic N) is 1. The number of hydrogen-bond acceptors (Lipinski definition) is 4. The summed E-state index contributed by atoms with van der Waals surface area (Å²) < 4.78 is 5.37. The van der Waals surface area contributed by atoms with E-state index in [9.17, 15) is 9.90 Å². The molecule has 24 heavy (non-hydrogen) atoms. The molecule has 1 aliphatic heterocycles. The van der Waals surface area contributed by atoms with Gasteiger partial charge >= 0.3 is 0 Å². The number of aliphatic imine (C=N–C) groups is 1. The van der Waals surface area contributed by atoms with Crippen LogP contribution in [0.5, 0.6) is 11.5 Å². The fourth-order valence-corrected chi connectivity index (χ4v) is 3.21. The Kier molecular flexibility index (Phi) is 4.71. The zero-order valence-corrected chi connectivity index (χ0v) is 14.3. The number of carbonyl (C=O) groups is 1. The highest BCUT2D eigenvalue weighted by Crippen LogP contribution is 2.36. The van der Waals surface area contributed by atoms with Crippen molar-refractivity contribution in [2.45, 2.75) is 13.8 Å². The van der Waals surface area contributed by atoms with Crippen molar-refractivity contribution >= 4 is 28.8 Å². The van der Waals surface area contributed by atoms with Crippen LogP contribution in [0.4, 0.5) is 0 Å². The zero-order valence-electron chi connectivity index (χ0n) is 13.4. The van der Waals surface area contributed by atoms with E-state index in [2.05, 4.69) is 4.99 Å². The predicted octanol–water partition coefficient (Wildman–Crippen LogP) is 4.16. The van der Waals surface area contributed by atoms with Crippen molar-refractivity contribution in [1.82, 2.24) is 0 Å². The van der Waals surface area contributed by atoms with Crippen molar-refractivity contribution in [3.05, 3.63) is 64.1 Å². The van der Waals surface area contributed by atoms with E-state index in [0.717, 1.165) is 11.1 Å². The molecular formula is C19H17NO3S. The van der Waals surface area contributed by atoms with Crippen LogP contribution in [0.2, 0.25) is 0 Å². The first-order valence-electron chi connectivity index (χ1n) is 7.63. The number of phenols is 1. The third kappa shape index (κ3) is 3.36. The molecule has 1 heterocycles. The van der Waals surface area contributed by atoms with E-state index in [0.29, 0.717) is 27.9 Å². The Labute approximate surface area is 144 Å². The van der Waals surface area contributed by atoms with Crippen molar-refractivity contribution in [1.29, 1.82) is 0 Å². The summed E-state index contributed by atoms with van der Waals surface area (Å²) in [4.78, 5) is 16.8. The topological polar surface area (TPSA) is 58.9 Å². The van der Waals surface area contributed by atoms with Gasteiger partial charge in [-0.2, -0.15) is 0 Å². The van der Waals surface area contributed by atoms with Crippen LogP contribution in [-0.4, -0.2) is 22.7 Å². The zero-order chi connectivity index (χ0) is 17.1. The number of thioether (sulfide) groups is 1. The van der Waals surface area contributed by atoms with Gasteiger partial charge in [-0.05, 0) is 26.0 Å². The monoisotopic (exact) mass is 339 g/mol. The number of benzene rings is 2. The van der Waals surface area contributed by atoms with E-state index >= 15 is 0 Å². The molecule has 0 unspecified atom stereocenters. The molecular weight excluding hydrogens is 322 g/mol. The molecule has 1 N–H and O–H groups in total. The summed E-state index contributed by atoms with van der Waals surface area (Å²) in [6.07, 6.45) is 1.65. The van der Waals surface area contributed by atoms with Crippen LogP contribution >= 0.6 is 11.8 Å². The fraction of sp³-hybridized carbons (Fsp3) is 0.158. The van der Waals surface area contributed by atoms with Gasteiger partial charge in [0.1, 0.15) is 5.04 Å². The lowest BCUT2D eigenvalue weighted by Crippen LogP contribution is -1.93. The molecule has 1 aliphatic rings. The number of aryl methyl sites for hydroxylation is 1. The highest BCUT2D eigenvalue weighted by molar-refractivity contribution is 8.19. The van der Waals surface area contributed by atoms with Gasteiger partial charge in [0.15, 0.2) is 11.5 Å². The summed E-state index contributed by atoms with van der Waals surface area (Å²) in [6, 6.07) is 13.1. The minimum Gasteiger partial charge on any atom is -0.504 e. The molecule has 0 fully saturated rings. The number of amides is 1. The number of para-hydroxylation sites is 1. The van der Waals surface area contributed by atoms with Crippen LogP contribution in [0.3, 0.4) is 0 Å². The maximum atomic E-state index is 12.2. The van der Waals surface area contributed by atoms with Gasteiger partial charge in [-0.15, -0.1) is 0 Å². The highest BCUT2D eigenvalue weighted by atomic mass is 32.2. The summed E-state index contributed by atoms with van der Waals surface area (Å²) in [7, 11) is 0. The van der Waals surface area contributed by atoms with E-state index in [1.54, 1.807) is 24.3 Å². The predicted molar refractivity (Wildman–Crippen MR) is 97.6 cm³/mol. The summed E-state index contributed by atoms with van der Waals surface area (Å²) in [5.74, 6) is 0.141. The first kappa shape index (κ1) is 16.3. The number of phenolic OH excluding ortho intramolecular Hbond substituents is 1. The Hall–Kier alpha value is -2.53. The van der Waals surface area contributed by atoms with Gasteiger partial charge in [-0.25, -0.2) is 4.99 Å². The van der Waals surface area contributed by atoms with Crippen molar-refractivity contribution in [2.75, 3.05) is 6.61 Å². The van der Waals surface area contributed by atoms with Crippen molar-refractivity contribution < 1.29 is 14.6 Å². The van der Waals surface area contributed by atoms with Gasteiger partial charge in [0.25, 0.3) is 5.91 Å². The van der Waals surface area contributed by atoms with Crippen LogP contribution in [0.1, 0.15) is 23.6 Å². The molecule has 5 heteroatoms. The first-order valence-corrected chi connectivity index (χ1v) is 8.44. The Balaban J connectivity index is 1.87. The molecule has 2 aromatic rings. The Morgan fingerprint density at radius 2 is 1.96 bits per heavy atom. The molecule has 0 radical (unpaired) electrons. The van der Waals surface area contributed by atoms with Gasteiger partial charge < -0.3 is 9.84 Å². The van der Waals surface area contributed by atoms with Crippen molar-refractivity contribution in [2.24, 2.45) is 4.99 Å². The first-order chi connectivity index (χ1) is 11.6. The van der Waals surface area contributed by atoms with Gasteiger partial charge in [-0.3, -0.25) is 4.79 Å². The van der Waals surface area contributed by atoms with Crippen molar-refractivity contribution in [3.63, 3.8) is 0 Å². The molecule has 0 aliphatic carbocycles. The Morgan fingerprint density at radius 3 is 2.67 bits per heavy atom. The Bertz CT molecular complexity index is 838. The second-order valence-electron chi connectivity index (χ2n) is 5.33. The lowest BCUT2D eigenvalue weighted by molar-refractivity contribution is -0.113. The summed E-state index contributed by atoms with van der Waals surface area (Å²) >= 11 is 1.31. The largest absolute Gasteiger partial charge is 0.504 e. The average Bonchev–Trinajstić information content (AvgIpc) is 2.93. The SMILES string of the molecule is CCOc1cccc(/C=C2\SC(c3ccc(C)cc3)=NC2=O)c1O. The summed E-state index contributed by atoms with van der Waals surface area (Å²) in [5, 5.41) is 10.9. The molecule has 122 valence electrons. The van der Waals surface area contributed by atoms with Crippen LogP contribution in [0.15, 0.2) is 52.4 Å². The molecule has 0 saturated heterocycles. The van der Waals surface area contributed by atoms with Gasteiger partial charge in [0.2, 0.25) is 0 Å². The normalized spacial score (nSPS) is 15.7. The second kappa shape index (κ2) is 6.93. The van der Waals surface area contributed by atoms with Gasteiger partial charge in [-0.1, -0.05) is 53.7 Å². The third-order valence-electron chi connectivity index (χ3n) is 3.54. The molecule has 0 aromatic heterocycles. The number of ether oxygens (including phenoxy) is 1. The number of hydrogen-bond donors (Lipinski definition) is 1. The Morgan fingerprint density at radius 1 is 1.21 bits per heavy atom. The lowest BCUT2D eigenvalue weighted by atomic mass is 10.1. The quantitative estimate of drug-likeness (QED) is 0.850. The van der Waals surface area contributed by atoms with Gasteiger partial charge in [0.05, 0.1) is 11.5 Å². The van der Waals surface area contributed by atoms with Crippen LogP contribution in [0.25, 0.3) is 6.08 Å². The van der Waals surface area contributed by atoms with Crippen LogP contribution < -0.4 is 4.74 Å². The minimum atomic E-state index is -0.295. The van der Waals surface area contributed by atoms with Crippen LogP contribution in [-0.2, 0) is 4.79 Å². The minimum absolute atomic E-state index is 0.0315. The molecule has 0 bridgehead atoms. The molecule has 1 amide bonds. The maximum Gasteiger partial charge on any atom is 0.284 e. The number of rotatable bonds is 4. The van der Waals surface area contributed by atoms with E-state index < -0.39 is 0 Å². The van der Waals surface area contributed by atoms with Crippen molar-refractivity contribution in [3.8, 4) is 11.5 Å². The van der Waals surface area contributed by atoms with Gasteiger partial charge in [0, 0.05) is 11.1 Å². The van der Waals surface area contributed by atoms with E-state index in [4.69, 9.17) is 4.74 Å².